The molecule has 0 atom stereocenters. The van der Waals surface area contributed by atoms with Crippen molar-refractivity contribution in [2.75, 3.05) is 5.32 Å². The van der Waals surface area contributed by atoms with Gasteiger partial charge in [-0.15, -0.1) is 0 Å². The van der Waals surface area contributed by atoms with Crippen LogP contribution in [-0.4, -0.2) is 0 Å². The highest BCUT2D eigenvalue weighted by molar-refractivity contribution is 9.10. The molecule has 0 aliphatic carbocycles. The van der Waals surface area contributed by atoms with E-state index in [-0.39, 0.29) is 0 Å². The van der Waals surface area contributed by atoms with Gasteiger partial charge in [0.05, 0.1) is 0 Å². The molecule has 1 nitrogen and oxygen atoms in total. The third kappa shape index (κ3) is 2.56. The van der Waals surface area contributed by atoms with Crippen molar-refractivity contribution in [2.24, 2.45) is 0 Å². The fourth-order valence-electron chi connectivity index (χ4n) is 2.44. The lowest BCUT2D eigenvalue weighted by Crippen LogP contribution is -2.01. The molecule has 0 bridgehead atoms. The molecule has 0 spiro atoms. The second-order valence-corrected chi connectivity index (χ2v) is 5.76. The van der Waals surface area contributed by atoms with Crippen molar-refractivity contribution in [3.05, 3.63) is 76.3 Å². The lowest BCUT2D eigenvalue weighted by molar-refractivity contribution is 1.15. The third-order valence-electron chi connectivity index (χ3n) is 3.62. The zero-order valence-electron chi connectivity index (χ0n) is 11.4. The molecule has 100 valence electrons. The average molecular weight is 326 g/mol. The minimum atomic E-state index is 0.832. The molecular weight excluding hydrogens is 310 g/mol. The fourth-order valence-corrected chi connectivity index (χ4v) is 2.80. The van der Waals surface area contributed by atoms with E-state index in [0.29, 0.717) is 0 Å². The summed E-state index contributed by atoms with van der Waals surface area (Å²) in [5.74, 6) is 0. The second kappa shape index (κ2) is 5.68. The van der Waals surface area contributed by atoms with E-state index >= 15 is 0 Å². The predicted molar refractivity (Wildman–Crippen MR) is 90.2 cm³/mol. The molecule has 3 rings (SSSR count). The highest BCUT2D eigenvalue weighted by atomic mass is 79.9. The van der Waals surface area contributed by atoms with Crippen molar-refractivity contribution in [1.82, 2.24) is 0 Å². The lowest BCUT2D eigenvalue weighted by Gasteiger charge is -2.12. The molecule has 0 aromatic heterocycles. The van der Waals surface area contributed by atoms with Crippen LogP contribution in [0.15, 0.2) is 65.1 Å². The van der Waals surface area contributed by atoms with E-state index in [1.807, 2.05) is 0 Å². The van der Waals surface area contributed by atoms with Gasteiger partial charge >= 0.3 is 0 Å². The monoisotopic (exact) mass is 325 g/mol. The molecule has 0 unspecified atom stereocenters. The predicted octanol–water partition coefficient (Wildman–Crippen LogP) is 5.52. The highest BCUT2D eigenvalue weighted by Crippen LogP contribution is 2.25. The summed E-state index contributed by atoms with van der Waals surface area (Å²) in [6.07, 6.45) is 0. The minimum absolute atomic E-state index is 0.832. The number of hydrogen-bond donors (Lipinski definition) is 1. The van der Waals surface area contributed by atoms with Crippen molar-refractivity contribution in [1.29, 1.82) is 0 Å². The van der Waals surface area contributed by atoms with Gasteiger partial charge in [-0.2, -0.15) is 0 Å². The van der Waals surface area contributed by atoms with Gasteiger partial charge in [0, 0.05) is 16.7 Å². The van der Waals surface area contributed by atoms with Crippen LogP contribution in [0.5, 0.6) is 0 Å². The van der Waals surface area contributed by atoms with Crippen LogP contribution in [0.4, 0.5) is 5.69 Å². The van der Waals surface area contributed by atoms with Crippen LogP contribution in [0.2, 0.25) is 0 Å². The largest absolute Gasteiger partial charge is 0.381 e. The van der Waals surface area contributed by atoms with Crippen molar-refractivity contribution in [2.45, 2.75) is 13.5 Å². The summed E-state index contributed by atoms with van der Waals surface area (Å²) in [5, 5.41) is 6.14. The third-order valence-corrected chi connectivity index (χ3v) is 4.48. The van der Waals surface area contributed by atoms with E-state index in [4.69, 9.17) is 0 Å². The molecule has 1 N–H and O–H groups in total. The quantitative estimate of drug-likeness (QED) is 0.668. The summed E-state index contributed by atoms with van der Waals surface area (Å²) in [5.41, 5.74) is 3.74. The molecule has 3 aromatic carbocycles. The van der Waals surface area contributed by atoms with Crippen molar-refractivity contribution < 1.29 is 0 Å². The Kier molecular flexibility index (Phi) is 3.75. The maximum absolute atomic E-state index is 3.57. The molecule has 0 saturated heterocycles. The number of halogens is 1. The van der Waals surface area contributed by atoms with Gasteiger partial charge < -0.3 is 5.32 Å². The maximum Gasteiger partial charge on any atom is 0.0407 e. The molecule has 0 fully saturated rings. The molecule has 3 aromatic rings. The van der Waals surface area contributed by atoms with Crippen LogP contribution in [0.1, 0.15) is 11.1 Å². The first-order valence-electron chi connectivity index (χ1n) is 6.71. The highest BCUT2D eigenvalue weighted by Gasteiger charge is 2.03. The van der Waals surface area contributed by atoms with Gasteiger partial charge in [0.25, 0.3) is 0 Å². The van der Waals surface area contributed by atoms with Gasteiger partial charge in [0.1, 0.15) is 0 Å². The molecular formula is C18H16BrN. The average Bonchev–Trinajstić information content (AvgIpc) is 2.49. The lowest BCUT2D eigenvalue weighted by atomic mass is 10.0. The van der Waals surface area contributed by atoms with E-state index in [9.17, 15) is 0 Å². The van der Waals surface area contributed by atoms with Crippen molar-refractivity contribution in [3.63, 3.8) is 0 Å². The summed E-state index contributed by atoms with van der Waals surface area (Å²) >= 11 is 3.57. The standard InChI is InChI=1S/C18H16BrN/c1-13-17(19)10-5-11-18(13)20-12-15-8-4-7-14-6-2-3-9-16(14)15/h2-11,20H,12H2,1H3. The zero-order chi connectivity index (χ0) is 13.9. The number of fused-ring (bicyclic) bond motifs is 1. The molecule has 0 aliphatic rings. The Labute approximate surface area is 127 Å². The van der Waals surface area contributed by atoms with Crippen LogP contribution in [0.25, 0.3) is 10.8 Å². The van der Waals surface area contributed by atoms with E-state index in [1.54, 1.807) is 0 Å². The summed E-state index contributed by atoms with van der Waals surface area (Å²) in [4.78, 5) is 0. The fraction of sp³-hybridized carbons (Fsp3) is 0.111. The Morgan fingerprint density at radius 2 is 1.65 bits per heavy atom. The second-order valence-electron chi connectivity index (χ2n) is 4.90. The smallest absolute Gasteiger partial charge is 0.0407 e. The van der Waals surface area contributed by atoms with Crippen molar-refractivity contribution in [3.8, 4) is 0 Å². The van der Waals surface area contributed by atoms with Crippen LogP contribution >= 0.6 is 15.9 Å². The number of benzene rings is 3. The van der Waals surface area contributed by atoms with Gasteiger partial charge in [-0.1, -0.05) is 64.5 Å². The van der Waals surface area contributed by atoms with E-state index in [0.717, 1.165) is 11.0 Å². The van der Waals surface area contributed by atoms with Crippen LogP contribution in [0, 0.1) is 6.92 Å². The van der Waals surface area contributed by atoms with Gasteiger partial charge in [-0.05, 0) is 41.0 Å². The van der Waals surface area contributed by atoms with Crippen LogP contribution < -0.4 is 5.32 Å². The Bertz CT molecular complexity index is 744. The van der Waals surface area contributed by atoms with Crippen LogP contribution in [0.3, 0.4) is 0 Å². The number of anilines is 1. The minimum Gasteiger partial charge on any atom is -0.381 e. The van der Waals surface area contributed by atoms with E-state index in [2.05, 4.69) is 88.8 Å². The summed E-state index contributed by atoms with van der Waals surface area (Å²) in [6, 6.07) is 21.2. The van der Waals surface area contributed by atoms with Gasteiger partial charge in [-0.3, -0.25) is 0 Å². The first-order valence-corrected chi connectivity index (χ1v) is 7.50. The maximum atomic E-state index is 3.57. The molecule has 0 heterocycles. The Hall–Kier alpha value is -1.80. The first kappa shape index (κ1) is 13.2. The Morgan fingerprint density at radius 1 is 0.900 bits per heavy atom. The topological polar surface area (TPSA) is 12.0 Å². The molecule has 2 heteroatoms. The summed E-state index contributed by atoms with van der Waals surface area (Å²) in [7, 11) is 0. The van der Waals surface area contributed by atoms with Crippen molar-refractivity contribution >= 4 is 32.4 Å². The van der Waals surface area contributed by atoms with Gasteiger partial charge in [0.2, 0.25) is 0 Å². The molecule has 20 heavy (non-hydrogen) atoms. The zero-order valence-corrected chi connectivity index (χ0v) is 12.9. The number of hydrogen-bond acceptors (Lipinski definition) is 1. The van der Waals surface area contributed by atoms with Gasteiger partial charge in [0.15, 0.2) is 0 Å². The molecule has 0 radical (unpaired) electrons. The summed E-state index contributed by atoms with van der Waals surface area (Å²) in [6.45, 7) is 2.95. The summed E-state index contributed by atoms with van der Waals surface area (Å²) < 4.78 is 1.14. The van der Waals surface area contributed by atoms with E-state index in [1.165, 1.54) is 27.6 Å². The van der Waals surface area contributed by atoms with E-state index < -0.39 is 0 Å². The normalized spacial score (nSPS) is 10.7. The molecule has 0 aliphatic heterocycles. The van der Waals surface area contributed by atoms with Gasteiger partial charge in [-0.25, -0.2) is 0 Å². The first-order chi connectivity index (χ1) is 9.75. The number of nitrogens with one attached hydrogen (secondary N) is 1. The number of rotatable bonds is 3. The Balaban J connectivity index is 1.89. The van der Waals surface area contributed by atoms with Crippen LogP contribution in [-0.2, 0) is 6.54 Å². The molecule has 0 amide bonds. The molecule has 0 saturated carbocycles. The SMILES string of the molecule is Cc1c(Br)cccc1NCc1cccc2ccccc12. The Morgan fingerprint density at radius 3 is 2.55 bits per heavy atom.